The predicted octanol–water partition coefficient (Wildman–Crippen LogP) is 0.455. The minimum atomic E-state index is -3.05. The van der Waals surface area contributed by atoms with E-state index in [2.05, 4.69) is 10.6 Å². The zero-order valence-electron chi connectivity index (χ0n) is 11.9. The van der Waals surface area contributed by atoms with Crippen molar-refractivity contribution in [3.05, 3.63) is 29.8 Å². The van der Waals surface area contributed by atoms with Crippen molar-refractivity contribution in [3.8, 4) is 0 Å². The van der Waals surface area contributed by atoms with Crippen LogP contribution < -0.4 is 10.6 Å². The van der Waals surface area contributed by atoms with Crippen LogP contribution in [-0.4, -0.2) is 43.5 Å². The van der Waals surface area contributed by atoms with Gasteiger partial charge in [-0.3, -0.25) is 4.79 Å². The standard InChI is InChI=1S/C14H20N2O4S/c1-10(17)12-4-2-3-5-13(12)16-14(18)8-11-9-21(19,20)7-6-15-11/h2-5,10-11,15,17H,6-9H2,1H3,(H,16,18). The molecule has 1 aliphatic heterocycles. The Morgan fingerprint density at radius 1 is 1.48 bits per heavy atom. The summed E-state index contributed by atoms with van der Waals surface area (Å²) in [6, 6.07) is 6.65. The number of rotatable bonds is 4. The van der Waals surface area contributed by atoms with Crippen molar-refractivity contribution in [2.24, 2.45) is 0 Å². The van der Waals surface area contributed by atoms with Crippen LogP contribution in [0.5, 0.6) is 0 Å². The summed E-state index contributed by atoms with van der Waals surface area (Å²) in [7, 11) is -3.05. The number of benzene rings is 1. The van der Waals surface area contributed by atoms with Gasteiger partial charge in [-0.2, -0.15) is 0 Å². The molecule has 7 heteroatoms. The van der Waals surface area contributed by atoms with E-state index < -0.39 is 15.9 Å². The van der Waals surface area contributed by atoms with Crippen LogP contribution in [0.4, 0.5) is 5.69 Å². The molecule has 1 heterocycles. The molecule has 0 saturated carbocycles. The van der Waals surface area contributed by atoms with Crippen molar-refractivity contribution in [2.75, 3.05) is 23.4 Å². The number of nitrogens with one attached hydrogen (secondary N) is 2. The molecule has 1 saturated heterocycles. The van der Waals surface area contributed by atoms with Gasteiger partial charge in [0, 0.05) is 30.3 Å². The molecule has 0 aliphatic carbocycles. The van der Waals surface area contributed by atoms with Crippen LogP contribution in [0.3, 0.4) is 0 Å². The van der Waals surface area contributed by atoms with Crippen LogP contribution in [0.25, 0.3) is 0 Å². The van der Waals surface area contributed by atoms with Crippen LogP contribution in [0.1, 0.15) is 25.0 Å². The molecule has 3 N–H and O–H groups in total. The first-order chi connectivity index (χ1) is 9.87. The number of carbonyl (C=O) groups excluding carboxylic acids is 1. The lowest BCUT2D eigenvalue weighted by Crippen LogP contribution is -2.46. The Balaban J connectivity index is 1.99. The second-order valence-corrected chi connectivity index (χ2v) is 7.51. The molecule has 0 radical (unpaired) electrons. The Morgan fingerprint density at radius 2 is 2.19 bits per heavy atom. The fourth-order valence-corrected chi connectivity index (χ4v) is 3.84. The number of hydrogen-bond donors (Lipinski definition) is 3. The molecule has 1 aromatic carbocycles. The molecule has 1 amide bonds. The summed E-state index contributed by atoms with van der Waals surface area (Å²) in [6.07, 6.45) is -0.595. The first-order valence-electron chi connectivity index (χ1n) is 6.88. The number of sulfone groups is 1. The van der Waals surface area contributed by atoms with Gasteiger partial charge in [0.2, 0.25) is 5.91 Å². The minimum Gasteiger partial charge on any atom is -0.389 e. The third-order valence-electron chi connectivity index (χ3n) is 3.42. The van der Waals surface area contributed by atoms with Crippen molar-refractivity contribution in [2.45, 2.75) is 25.5 Å². The molecule has 116 valence electrons. The quantitative estimate of drug-likeness (QED) is 0.750. The summed E-state index contributed by atoms with van der Waals surface area (Å²) in [4.78, 5) is 12.0. The normalized spacial score (nSPS) is 22.5. The van der Waals surface area contributed by atoms with E-state index in [1.165, 1.54) is 0 Å². The summed E-state index contributed by atoms with van der Waals surface area (Å²) in [5.41, 5.74) is 1.19. The largest absolute Gasteiger partial charge is 0.389 e. The van der Waals surface area contributed by atoms with Crippen molar-refractivity contribution in [1.82, 2.24) is 5.32 Å². The van der Waals surface area contributed by atoms with Gasteiger partial charge in [0.25, 0.3) is 0 Å². The van der Waals surface area contributed by atoms with Crippen LogP contribution >= 0.6 is 0 Å². The topological polar surface area (TPSA) is 95.5 Å². The molecule has 21 heavy (non-hydrogen) atoms. The van der Waals surface area contributed by atoms with Crippen LogP contribution in [0.2, 0.25) is 0 Å². The van der Waals surface area contributed by atoms with Crippen molar-refractivity contribution in [3.63, 3.8) is 0 Å². The summed E-state index contributed by atoms with van der Waals surface area (Å²) < 4.78 is 23.1. The second kappa shape index (κ2) is 6.55. The molecule has 2 rings (SSSR count). The zero-order valence-corrected chi connectivity index (χ0v) is 12.7. The van der Waals surface area contributed by atoms with Crippen molar-refractivity contribution < 1.29 is 18.3 Å². The molecule has 0 bridgehead atoms. The molecule has 0 spiro atoms. The predicted molar refractivity (Wildman–Crippen MR) is 80.8 cm³/mol. The molecule has 6 nitrogen and oxygen atoms in total. The maximum absolute atomic E-state index is 12.0. The molecule has 2 unspecified atom stereocenters. The summed E-state index contributed by atoms with van der Waals surface area (Å²) in [5.74, 6) is -0.160. The highest BCUT2D eigenvalue weighted by atomic mass is 32.2. The average molecular weight is 312 g/mol. The summed E-state index contributed by atoms with van der Waals surface area (Å²) >= 11 is 0. The number of aliphatic hydroxyl groups is 1. The van der Waals surface area contributed by atoms with Crippen LogP contribution in [-0.2, 0) is 14.6 Å². The SMILES string of the molecule is CC(O)c1ccccc1NC(=O)CC1CS(=O)(=O)CCN1. The maximum Gasteiger partial charge on any atom is 0.225 e. The number of aliphatic hydroxyl groups excluding tert-OH is 1. The number of carbonyl (C=O) groups is 1. The van der Waals surface area contributed by atoms with Crippen LogP contribution in [0.15, 0.2) is 24.3 Å². The summed E-state index contributed by atoms with van der Waals surface area (Å²) in [5, 5.41) is 15.4. The van der Waals surface area contributed by atoms with Crippen LogP contribution in [0, 0.1) is 0 Å². The Kier molecular flexibility index (Phi) is 4.97. The van der Waals surface area contributed by atoms with E-state index >= 15 is 0 Å². The van der Waals surface area contributed by atoms with E-state index in [1.807, 2.05) is 0 Å². The monoisotopic (exact) mass is 312 g/mol. The molecule has 1 aliphatic rings. The lowest BCUT2D eigenvalue weighted by molar-refractivity contribution is -0.116. The van der Waals surface area contributed by atoms with Gasteiger partial charge in [-0.15, -0.1) is 0 Å². The van der Waals surface area contributed by atoms with E-state index in [4.69, 9.17) is 0 Å². The molecule has 2 atom stereocenters. The highest BCUT2D eigenvalue weighted by Gasteiger charge is 2.26. The third kappa shape index (κ3) is 4.52. The van der Waals surface area contributed by atoms with Gasteiger partial charge >= 0.3 is 0 Å². The van der Waals surface area contributed by atoms with Gasteiger partial charge in [0.15, 0.2) is 9.84 Å². The van der Waals surface area contributed by atoms with E-state index in [0.29, 0.717) is 17.8 Å². The Hall–Kier alpha value is -1.44. The molecular weight excluding hydrogens is 292 g/mol. The van der Waals surface area contributed by atoms with E-state index in [9.17, 15) is 18.3 Å². The van der Waals surface area contributed by atoms with Gasteiger partial charge < -0.3 is 15.7 Å². The maximum atomic E-state index is 12.0. The van der Waals surface area contributed by atoms with Crippen molar-refractivity contribution in [1.29, 1.82) is 0 Å². The fraction of sp³-hybridized carbons (Fsp3) is 0.500. The number of anilines is 1. The fourth-order valence-electron chi connectivity index (χ4n) is 2.40. The highest BCUT2D eigenvalue weighted by molar-refractivity contribution is 7.91. The van der Waals surface area contributed by atoms with Gasteiger partial charge in [0.1, 0.15) is 0 Å². The lowest BCUT2D eigenvalue weighted by Gasteiger charge is -2.23. The average Bonchev–Trinajstić information content (AvgIpc) is 2.37. The minimum absolute atomic E-state index is 0.0154. The van der Waals surface area contributed by atoms with Gasteiger partial charge in [-0.05, 0) is 13.0 Å². The number of amides is 1. The van der Waals surface area contributed by atoms with E-state index in [0.717, 1.165) is 0 Å². The van der Waals surface area contributed by atoms with Gasteiger partial charge in [0.05, 0.1) is 17.6 Å². The zero-order chi connectivity index (χ0) is 15.5. The highest BCUT2D eigenvalue weighted by Crippen LogP contribution is 2.22. The van der Waals surface area contributed by atoms with E-state index in [-0.39, 0.29) is 29.9 Å². The van der Waals surface area contributed by atoms with Crippen molar-refractivity contribution >= 4 is 21.4 Å². The van der Waals surface area contributed by atoms with Gasteiger partial charge in [-0.25, -0.2) is 8.42 Å². The molecule has 0 aromatic heterocycles. The molecule has 1 fully saturated rings. The Morgan fingerprint density at radius 3 is 2.86 bits per heavy atom. The Labute approximate surface area is 124 Å². The van der Waals surface area contributed by atoms with Gasteiger partial charge in [-0.1, -0.05) is 18.2 Å². The first-order valence-corrected chi connectivity index (χ1v) is 8.70. The second-order valence-electron chi connectivity index (χ2n) is 5.28. The first kappa shape index (κ1) is 15.9. The number of hydrogen-bond acceptors (Lipinski definition) is 5. The number of para-hydroxylation sites is 1. The summed E-state index contributed by atoms with van der Waals surface area (Å²) in [6.45, 7) is 2.00. The third-order valence-corrected chi connectivity index (χ3v) is 5.15. The molecule has 1 aromatic rings. The van der Waals surface area contributed by atoms with E-state index in [1.54, 1.807) is 31.2 Å². The molecular formula is C14H20N2O4S. The smallest absolute Gasteiger partial charge is 0.225 e. The lowest BCUT2D eigenvalue weighted by atomic mass is 10.1. The Bertz CT molecular complexity index is 613.